The van der Waals surface area contributed by atoms with Crippen LogP contribution < -0.4 is 0 Å². The van der Waals surface area contributed by atoms with Gasteiger partial charge >= 0.3 is 0 Å². The van der Waals surface area contributed by atoms with Crippen LogP contribution in [0.3, 0.4) is 0 Å². The Morgan fingerprint density at radius 1 is 1.25 bits per heavy atom. The zero-order valence-electron chi connectivity index (χ0n) is 11.0. The van der Waals surface area contributed by atoms with Gasteiger partial charge < -0.3 is 4.74 Å². The molecule has 0 aromatic carbocycles. The smallest absolute Gasteiger partial charge is 0.0790 e. The molecule has 1 saturated carbocycles. The van der Waals surface area contributed by atoms with Crippen LogP contribution in [0.5, 0.6) is 0 Å². The van der Waals surface area contributed by atoms with E-state index in [9.17, 15) is 0 Å². The summed E-state index contributed by atoms with van der Waals surface area (Å²) in [5.74, 6) is 1.64. The Hall–Kier alpha value is -0.300. The number of hydrogen-bond acceptors (Lipinski definition) is 1. The first kappa shape index (κ1) is 10.8. The molecule has 3 aliphatic rings. The Bertz CT molecular complexity index is 341. The summed E-state index contributed by atoms with van der Waals surface area (Å²) < 4.78 is 6.36. The lowest BCUT2D eigenvalue weighted by Gasteiger charge is -2.57. The molecule has 2 fully saturated rings. The maximum absolute atomic E-state index is 6.36. The second-order valence-corrected chi connectivity index (χ2v) is 7.05. The predicted molar refractivity (Wildman–Crippen MR) is 66.3 cm³/mol. The molecule has 0 radical (unpaired) electrons. The van der Waals surface area contributed by atoms with Crippen molar-refractivity contribution in [3.8, 4) is 0 Å². The second kappa shape index (κ2) is 3.13. The van der Waals surface area contributed by atoms with Gasteiger partial charge in [-0.05, 0) is 62.4 Å². The van der Waals surface area contributed by atoms with E-state index in [0.717, 1.165) is 11.8 Å². The minimum Gasteiger partial charge on any atom is -0.367 e. The minimum absolute atomic E-state index is 0.181. The summed E-state index contributed by atoms with van der Waals surface area (Å²) in [6, 6.07) is 0. The molecular weight excluding hydrogens is 196 g/mol. The summed E-state index contributed by atoms with van der Waals surface area (Å²) in [5.41, 5.74) is 2.19. The highest BCUT2D eigenvalue weighted by Crippen LogP contribution is 2.60. The van der Waals surface area contributed by atoms with Gasteiger partial charge in [0, 0.05) is 0 Å². The number of allylic oxidation sites excluding steroid dienone is 1. The van der Waals surface area contributed by atoms with Gasteiger partial charge in [0.05, 0.1) is 11.7 Å². The number of fused-ring (bicyclic) bond motifs is 4. The van der Waals surface area contributed by atoms with E-state index in [4.69, 9.17) is 4.74 Å². The average molecular weight is 220 g/mol. The highest BCUT2D eigenvalue weighted by molar-refractivity contribution is 5.17. The van der Waals surface area contributed by atoms with Gasteiger partial charge in [0.2, 0.25) is 0 Å². The topological polar surface area (TPSA) is 9.23 Å². The van der Waals surface area contributed by atoms with Crippen molar-refractivity contribution < 1.29 is 4.74 Å². The lowest BCUT2D eigenvalue weighted by Crippen LogP contribution is -2.54. The van der Waals surface area contributed by atoms with Crippen LogP contribution in [0.4, 0.5) is 0 Å². The largest absolute Gasteiger partial charge is 0.367 e. The van der Waals surface area contributed by atoms with Crippen molar-refractivity contribution in [2.45, 2.75) is 65.1 Å². The molecule has 2 aliphatic heterocycles. The van der Waals surface area contributed by atoms with Crippen LogP contribution >= 0.6 is 0 Å². The highest BCUT2D eigenvalue weighted by atomic mass is 16.5. The van der Waals surface area contributed by atoms with Crippen LogP contribution in [0.1, 0.15) is 53.4 Å². The van der Waals surface area contributed by atoms with Crippen LogP contribution in [0.25, 0.3) is 0 Å². The Morgan fingerprint density at radius 3 is 2.69 bits per heavy atom. The summed E-state index contributed by atoms with van der Waals surface area (Å²) in [6.07, 6.45) is 8.01. The molecule has 4 atom stereocenters. The van der Waals surface area contributed by atoms with Gasteiger partial charge in [-0.25, -0.2) is 0 Å². The maximum Gasteiger partial charge on any atom is 0.0790 e. The van der Waals surface area contributed by atoms with E-state index in [1.54, 1.807) is 0 Å². The van der Waals surface area contributed by atoms with Crippen LogP contribution in [-0.4, -0.2) is 11.7 Å². The molecule has 1 aliphatic carbocycles. The molecule has 1 nitrogen and oxygen atoms in total. The van der Waals surface area contributed by atoms with E-state index in [0.29, 0.717) is 11.5 Å². The molecule has 2 heterocycles. The van der Waals surface area contributed by atoms with Crippen LogP contribution in [0.2, 0.25) is 0 Å². The fourth-order valence-electron chi connectivity index (χ4n) is 4.27. The van der Waals surface area contributed by atoms with Crippen LogP contribution in [0.15, 0.2) is 11.6 Å². The Balaban J connectivity index is 1.94. The molecule has 1 heteroatoms. The lowest BCUT2D eigenvalue weighted by molar-refractivity contribution is -0.157. The van der Waals surface area contributed by atoms with Gasteiger partial charge in [0.25, 0.3) is 0 Å². The molecule has 3 rings (SSSR count). The molecule has 90 valence electrons. The molecule has 0 aromatic rings. The quantitative estimate of drug-likeness (QED) is 0.562. The number of ether oxygens (including phenoxy) is 1. The SMILES string of the molecule is C/C1=C/C[C@@H]2[C@H](CC2(C)C)[C@]2(C)CC[C@@H]1O2. The molecule has 0 N–H and O–H groups in total. The molecule has 2 bridgehead atoms. The Kier molecular flexibility index (Phi) is 2.12. The first-order chi connectivity index (χ1) is 7.42. The van der Waals surface area contributed by atoms with E-state index >= 15 is 0 Å². The molecule has 0 unspecified atom stereocenters. The molecule has 1 saturated heterocycles. The molecular formula is C15H24O. The van der Waals surface area contributed by atoms with Crippen LogP contribution in [-0.2, 0) is 4.74 Å². The third-order valence-corrected chi connectivity index (χ3v) is 5.54. The van der Waals surface area contributed by atoms with Crippen LogP contribution in [0, 0.1) is 17.3 Å². The van der Waals surface area contributed by atoms with Gasteiger partial charge in [-0.15, -0.1) is 0 Å². The number of hydrogen-bond donors (Lipinski definition) is 0. The summed E-state index contributed by atoms with van der Waals surface area (Å²) in [5, 5.41) is 0. The van der Waals surface area contributed by atoms with E-state index < -0.39 is 0 Å². The van der Waals surface area contributed by atoms with Crippen molar-refractivity contribution in [3.63, 3.8) is 0 Å². The predicted octanol–water partition coefficient (Wildman–Crippen LogP) is 3.94. The second-order valence-electron chi connectivity index (χ2n) is 7.05. The molecule has 0 aromatic heterocycles. The summed E-state index contributed by atoms with van der Waals surface area (Å²) in [7, 11) is 0. The summed E-state index contributed by atoms with van der Waals surface area (Å²) >= 11 is 0. The lowest BCUT2D eigenvalue weighted by atomic mass is 9.50. The Labute approximate surface area is 99.3 Å². The van der Waals surface area contributed by atoms with Crippen molar-refractivity contribution in [1.29, 1.82) is 0 Å². The minimum atomic E-state index is 0.181. The third-order valence-electron chi connectivity index (χ3n) is 5.54. The first-order valence-corrected chi connectivity index (χ1v) is 6.77. The Morgan fingerprint density at radius 2 is 2.00 bits per heavy atom. The average Bonchev–Trinajstić information content (AvgIpc) is 2.58. The molecule has 0 spiro atoms. The van der Waals surface area contributed by atoms with Crippen molar-refractivity contribution in [2.75, 3.05) is 0 Å². The standard InChI is InChI=1S/C15H24O/c1-10-5-6-11-12(9-14(11,2)3)15(4)8-7-13(10)16-15/h5,11-13H,6-9H2,1-4H3/b10-5-/t11-,12+,13+,15+/m1/s1. The fraction of sp³-hybridized carbons (Fsp3) is 0.867. The zero-order valence-corrected chi connectivity index (χ0v) is 11.0. The number of rotatable bonds is 0. The fourth-order valence-corrected chi connectivity index (χ4v) is 4.27. The van der Waals surface area contributed by atoms with Crippen molar-refractivity contribution in [1.82, 2.24) is 0 Å². The monoisotopic (exact) mass is 220 g/mol. The summed E-state index contributed by atoms with van der Waals surface area (Å²) in [6.45, 7) is 9.46. The van der Waals surface area contributed by atoms with E-state index in [1.807, 2.05) is 0 Å². The third kappa shape index (κ3) is 1.33. The summed E-state index contributed by atoms with van der Waals surface area (Å²) in [4.78, 5) is 0. The maximum atomic E-state index is 6.36. The van der Waals surface area contributed by atoms with Crippen molar-refractivity contribution in [2.24, 2.45) is 17.3 Å². The van der Waals surface area contributed by atoms with E-state index in [-0.39, 0.29) is 5.60 Å². The zero-order chi connectivity index (χ0) is 11.6. The molecule has 0 amide bonds. The first-order valence-electron chi connectivity index (χ1n) is 6.77. The van der Waals surface area contributed by atoms with Gasteiger partial charge in [-0.1, -0.05) is 19.9 Å². The van der Waals surface area contributed by atoms with Gasteiger partial charge in [-0.2, -0.15) is 0 Å². The highest BCUT2D eigenvalue weighted by Gasteiger charge is 2.57. The van der Waals surface area contributed by atoms with Gasteiger partial charge in [-0.3, -0.25) is 0 Å². The molecule has 16 heavy (non-hydrogen) atoms. The van der Waals surface area contributed by atoms with Crippen molar-refractivity contribution >= 4 is 0 Å². The van der Waals surface area contributed by atoms with E-state index in [1.165, 1.54) is 31.3 Å². The van der Waals surface area contributed by atoms with Gasteiger partial charge in [0.15, 0.2) is 0 Å². The van der Waals surface area contributed by atoms with Crippen molar-refractivity contribution in [3.05, 3.63) is 11.6 Å². The van der Waals surface area contributed by atoms with E-state index in [2.05, 4.69) is 33.8 Å². The van der Waals surface area contributed by atoms with Gasteiger partial charge in [0.1, 0.15) is 0 Å². The normalized spacial score (nSPS) is 53.0.